The van der Waals surface area contributed by atoms with Gasteiger partial charge >= 0.3 is 6.98 Å². The number of rotatable bonds is 3. The van der Waals surface area contributed by atoms with E-state index < -0.39 is 13.3 Å². The smallest absolute Gasteiger partial charge is 0.449 e. The van der Waals surface area contributed by atoms with Gasteiger partial charge in [0.25, 0.3) is 0 Å². The van der Waals surface area contributed by atoms with Crippen LogP contribution in [0.5, 0.6) is 0 Å². The lowest BCUT2D eigenvalue weighted by molar-refractivity contribution is 0.379. The highest BCUT2D eigenvalue weighted by atomic mass is 19.4. The van der Waals surface area contributed by atoms with Crippen molar-refractivity contribution in [1.82, 2.24) is 9.97 Å². The van der Waals surface area contributed by atoms with E-state index in [1.807, 2.05) is 4.90 Å². The van der Waals surface area contributed by atoms with E-state index in [2.05, 4.69) is 9.97 Å². The van der Waals surface area contributed by atoms with Gasteiger partial charge in [-0.25, -0.2) is 9.97 Å². The Kier molecular flexibility index (Phi) is 2.54. The Balaban J connectivity index is 1.84. The summed E-state index contributed by atoms with van der Waals surface area (Å²) in [7, 11) is 0. The maximum atomic E-state index is 12.1. The minimum atomic E-state index is -4.65. The summed E-state index contributed by atoms with van der Waals surface area (Å²) in [4.78, 5) is 9.55. The molecule has 0 amide bonds. The molecule has 0 aliphatic carbocycles. The Morgan fingerprint density at radius 1 is 1.40 bits per heavy atom. The lowest BCUT2D eigenvalue weighted by Gasteiger charge is -2.42. The Morgan fingerprint density at radius 2 is 2.13 bits per heavy atom. The van der Waals surface area contributed by atoms with Crippen molar-refractivity contribution in [3.05, 3.63) is 18.6 Å². The highest BCUT2D eigenvalue weighted by Gasteiger charge is 2.34. The van der Waals surface area contributed by atoms with E-state index in [4.69, 9.17) is 0 Å². The highest BCUT2D eigenvalue weighted by molar-refractivity contribution is 6.58. The molecular formula is C8H10BF3N3-. The van der Waals surface area contributed by atoms with Gasteiger partial charge in [0.15, 0.2) is 0 Å². The van der Waals surface area contributed by atoms with Gasteiger partial charge in [-0.15, -0.1) is 0 Å². The van der Waals surface area contributed by atoms with Crippen LogP contribution in [0.15, 0.2) is 18.6 Å². The second-order valence-corrected chi connectivity index (χ2v) is 3.78. The van der Waals surface area contributed by atoms with Gasteiger partial charge in [-0.05, 0) is 12.0 Å². The second kappa shape index (κ2) is 3.71. The number of anilines is 1. The third-order valence-electron chi connectivity index (χ3n) is 2.45. The summed E-state index contributed by atoms with van der Waals surface area (Å²) < 4.78 is 36.2. The summed E-state index contributed by atoms with van der Waals surface area (Å²) in [5, 5.41) is 0. The fourth-order valence-corrected chi connectivity index (χ4v) is 1.75. The molecule has 0 bridgehead atoms. The molecule has 0 radical (unpaired) electrons. The number of hydrogen-bond acceptors (Lipinski definition) is 3. The minimum absolute atomic E-state index is 0.264. The topological polar surface area (TPSA) is 29.0 Å². The van der Waals surface area contributed by atoms with Crippen molar-refractivity contribution < 1.29 is 12.9 Å². The summed E-state index contributed by atoms with van der Waals surface area (Å²) >= 11 is 0. The molecule has 1 aliphatic rings. The third-order valence-corrected chi connectivity index (χ3v) is 2.45. The second-order valence-electron chi connectivity index (χ2n) is 3.78. The van der Waals surface area contributed by atoms with Crippen LogP contribution in [-0.2, 0) is 0 Å². The number of halogens is 3. The molecule has 0 unspecified atom stereocenters. The van der Waals surface area contributed by atoms with Crippen molar-refractivity contribution in [3.8, 4) is 0 Å². The first kappa shape index (κ1) is 10.3. The number of aromatic nitrogens is 2. The molecule has 0 spiro atoms. The zero-order chi connectivity index (χ0) is 10.9. The van der Waals surface area contributed by atoms with Gasteiger partial charge in [0.2, 0.25) is 0 Å². The van der Waals surface area contributed by atoms with Crippen LogP contribution in [0.2, 0.25) is 6.32 Å². The standard InChI is InChI=1S/C8H10BF3N3/c10-9(11,12)3-7-4-15(5-7)8-1-2-13-6-14-8/h1-2,6-7H,3-5H2/q-1. The van der Waals surface area contributed by atoms with Crippen LogP contribution >= 0.6 is 0 Å². The van der Waals surface area contributed by atoms with Crippen LogP contribution in [0, 0.1) is 5.92 Å². The van der Waals surface area contributed by atoms with Crippen molar-refractivity contribution in [2.75, 3.05) is 18.0 Å². The Labute approximate surface area is 85.4 Å². The van der Waals surface area contributed by atoms with E-state index in [-0.39, 0.29) is 5.92 Å². The predicted molar refractivity (Wildman–Crippen MR) is 51.6 cm³/mol. The van der Waals surface area contributed by atoms with Gasteiger partial charge in [-0.1, -0.05) is 6.32 Å². The first-order valence-corrected chi connectivity index (χ1v) is 4.76. The van der Waals surface area contributed by atoms with Crippen molar-refractivity contribution >= 4 is 12.8 Å². The monoisotopic (exact) mass is 216 g/mol. The molecule has 2 rings (SSSR count). The van der Waals surface area contributed by atoms with Gasteiger partial charge in [0.05, 0.1) is 0 Å². The largest absolute Gasteiger partial charge is 0.478 e. The van der Waals surface area contributed by atoms with E-state index in [1.54, 1.807) is 12.3 Å². The molecule has 7 heteroatoms. The van der Waals surface area contributed by atoms with Gasteiger partial charge < -0.3 is 17.8 Å². The molecule has 1 aliphatic heterocycles. The first-order chi connectivity index (χ1) is 7.04. The summed E-state index contributed by atoms with van der Waals surface area (Å²) in [5.74, 6) is 0.441. The van der Waals surface area contributed by atoms with Crippen molar-refractivity contribution in [3.63, 3.8) is 0 Å². The molecule has 15 heavy (non-hydrogen) atoms. The summed E-state index contributed by atoms with van der Waals surface area (Å²) in [6.45, 7) is -3.76. The molecule has 0 atom stereocenters. The average Bonchev–Trinajstić information content (AvgIpc) is 2.11. The summed E-state index contributed by atoms with van der Waals surface area (Å²) in [6.07, 6.45) is 2.35. The molecule has 1 aromatic rings. The first-order valence-electron chi connectivity index (χ1n) is 4.76. The molecule has 0 N–H and O–H groups in total. The van der Waals surface area contributed by atoms with Crippen molar-refractivity contribution in [2.45, 2.75) is 6.32 Å². The zero-order valence-corrected chi connectivity index (χ0v) is 7.98. The Bertz CT molecular complexity index is 324. The van der Waals surface area contributed by atoms with Crippen LogP contribution in [-0.4, -0.2) is 30.0 Å². The van der Waals surface area contributed by atoms with Crippen LogP contribution in [0.1, 0.15) is 0 Å². The van der Waals surface area contributed by atoms with Crippen LogP contribution < -0.4 is 4.90 Å². The Morgan fingerprint density at radius 3 is 2.67 bits per heavy atom. The third kappa shape index (κ3) is 2.61. The summed E-state index contributed by atoms with van der Waals surface area (Å²) in [5.41, 5.74) is 0. The van der Waals surface area contributed by atoms with E-state index >= 15 is 0 Å². The van der Waals surface area contributed by atoms with Crippen molar-refractivity contribution in [1.29, 1.82) is 0 Å². The van der Waals surface area contributed by atoms with Gasteiger partial charge in [0.1, 0.15) is 12.1 Å². The fraction of sp³-hybridized carbons (Fsp3) is 0.500. The lowest BCUT2D eigenvalue weighted by atomic mass is 9.75. The van der Waals surface area contributed by atoms with E-state index in [0.717, 1.165) is 0 Å². The number of hydrogen-bond donors (Lipinski definition) is 0. The highest BCUT2D eigenvalue weighted by Crippen LogP contribution is 2.30. The molecule has 1 saturated heterocycles. The van der Waals surface area contributed by atoms with Gasteiger partial charge in [-0.3, -0.25) is 0 Å². The summed E-state index contributed by atoms with van der Waals surface area (Å²) in [6, 6.07) is 1.70. The fourth-order valence-electron chi connectivity index (χ4n) is 1.75. The Hall–Kier alpha value is -1.27. The molecule has 82 valence electrons. The van der Waals surface area contributed by atoms with Gasteiger partial charge in [-0.2, -0.15) is 0 Å². The zero-order valence-electron chi connectivity index (χ0n) is 7.98. The quantitative estimate of drug-likeness (QED) is 0.720. The predicted octanol–water partition coefficient (Wildman–Crippen LogP) is 1.76. The van der Waals surface area contributed by atoms with E-state index in [9.17, 15) is 12.9 Å². The number of nitrogens with zero attached hydrogens (tertiary/aromatic N) is 3. The molecular weight excluding hydrogens is 206 g/mol. The molecule has 1 aromatic heterocycles. The molecule has 0 aromatic carbocycles. The molecule has 1 fully saturated rings. The average molecular weight is 216 g/mol. The molecule has 3 nitrogen and oxygen atoms in total. The minimum Gasteiger partial charge on any atom is -0.449 e. The lowest BCUT2D eigenvalue weighted by Crippen LogP contribution is -2.49. The van der Waals surface area contributed by atoms with Crippen LogP contribution in [0.4, 0.5) is 18.8 Å². The van der Waals surface area contributed by atoms with Crippen LogP contribution in [0.25, 0.3) is 0 Å². The maximum absolute atomic E-state index is 12.1. The van der Waals surface area contributed by atoms with Crippen LogP contribution in [0.3, 0.4) is 0 Å². The van der Waals surface area contributed by atoms with Crippen molar-refractivity contribution in [2.24, 2.45) is 5.92 Å². The SMILES string of the molecule is F[B-](F)(F)CC1CN(c2ccncn2)C1. The molecule has 2 heterocycles. The van der Waals surface area contributed by atoms with E-state index in [0.29, 0.717) is 18.9 Å². The normalized spacial score (nSPS) is 17.7. The van der Waals surface area contributed by atoms with E-state index in [1.165, 1.54) is 6.33 Å². The van der Waals surface area contributed by atoms with Gasteiger partial charge in [0, 0.05) is 19.3 Å². The molecule has 0 saturated carbocycles. The maximum Gasteiger partial charge on any atom is 0.478 e.